The van der Waals surface area contributed by atoms with Crippen molar-refractivity contribution >= 4 is 17.5 Å². The Kier molecular flexibility index (Phi) is 4.97. The van der Waals surface area contributed by atoms with Gasteiger partial charge in [-0.25, -0.2) is 0 Å². The lowest BCUT2D eigenvalue weighted by atomic mass is 9.68. The van der Waals surface area contributed by atoms with Crippen LogP contribution in [0.25, 0.3) is 0 Å². The minimum Gasteiger partial charge on any atom is -0.351 e. The summed E-state index contributed by atoms with van der Waals surface area (Å²) in [6, 6.07) is 11.6. The van der Waals surface area contributed by atoms with Crippen molar-refractivity contribution in [1.29, 1.82) is 0 Å². The number of carbonyl (C=O) groups excluding carboxylic acids is 1. The molecule has 0 spiro atoms. The first-order chi connectivity index (χ1) is 11.2. The molecule has 1 aliphatic rings. The summed E-state index contributed by atoms with van der Waals surface area (Å²) in [7, 11) is 0. The Hall–Kier alpha value is -1.87. The van der Waals surface area contributed by atoms with Crippen LogP contribution >= 0.6 is 11.6 Å². The number of rotatable bonds is 4. The fourth-order valence-electron chi connectivity index (χ4n) is 3.44. The zero-order valence-corrected chi connectivity index (χ0v) is 13.9. The van der Waals surface area contributed by atoms with Gasteiger partial charge >= 0.3 is 0 Å². The standard InChI is InChI=1S/C19H21ClN2O/c20-17-8-4-7-16(12-17)19(9-2-1-3-10-19)18(23)22-14-15-6-5-11-21-13-15/h4-8,11-13H,1-3,9-10,14H2,(H,22,23). The lowest BCUT2D eigenvalue weighted by Gasteiger charge is -2.36. The first-order valence-corrected chi connectivity index (χ1v) is 8.52. The number of carbonyl (C=O) groups is 1. The Morgan fingerprint density at radius 1 is 1.17 bits per heavy atom. The Bertz CT molecular complexity index is 666. The average molecular weight is 329 g/mol. The van der Waals surface area contributed by atoms with Crippen molar-refractivity contribution in [3.8, 4) is 0 Å². The van der Waals surface area contributed by atoms with Crippen LogP contribution in [0.2, 0.25) is 5.02 Å². The smallest absolute Gasteiger partial charge is 0.230 e. The molecule has 0 aliphatic heterocycles. The van der Waals surface area contributed by atoms with Crippen molar-refractivity contribution < 1.29 is 4.79 Å². The van der Waals surface area contributed by atoms with Gasteiger partial charge in [0.1, 0.15) is 0 Å². The van der Waals surface area contributed by atoms with Gasteiger partial charge in [-0.1, -0.05) is 49.1 Å². The molecular weight excluding hydrogens is 308 g/mol. The molecule has 1 aromatic heterocycles. The van der Waals surface area contributed by atoms with Crippen LogP contribution in [0.3, 0.4) is 0 Å². The Morgan fingerprint density at radius 3 is 2.70 bits per heavy atom. The second-order valence-corrected chi connectivity index (χ2v) is 6.63. The second kappa shape index (κ2) is 7.14. The van der Waals surface area contributed by atoms with Crippen LogP contribution in [0.15, 0.2) is 48.8 Å². The first-order valence-electron chi connectivity index (χ1n) is 8.14. The highest BCUT2D eigenvalue weighted by atomic mass is 35.5. The molecule has 0 atom stereocenters. The number of pyridine rings is 1. The van der Waals surface area contributed by atoms with E-state index in [4.69, 9.17) is 11.6 Å². The van der Waals surface area contributed by atoms with Gasteiger partial charge in [0.2, 0.25) is 5.91 Å². The average Bonchev–Trinajstić information content (AvgIpc) is 2.61. The van der Waals surface area contributed by atoms with E-state index in [0.29, 0.717) is 11.6 Å². The maximum absolute atomic E-state index is 13.0. The van der Waals surface area contributed by atoms with Crippen molar-refractivity contribution in [2.75, 3.05) is 0 Å². The molecule has 0 bridgehead atoms. The monoisotopic (exact) mass is 328 g/mol. The van der Waals surface area contributed by atoms with Crippen LogP contribution < -0.4 is 5.32 Å². The summed E-state index contributed by atoms with van der Waals surface area (Å²) in [5, 5.41) is 3.79. The zero-order chi connectivity index (χ0) is 16.1. The molecule has 1 fully saturated rings. The van der Waals surface area contributed by atoms with E-state index in [9.17, 15) is 4.79 Å². The molecule has 1 aliphatic carbocycles. The molecular formula is C19H21ClN2O. The van der Waals surface area contributed by atoms with E-state index in [1.165, 1.54) is 6.42 Å². The largest absolute Gasteiger partial charge is 0.351 e. The van der Waals surface area contributed by atoms with Crippen molar-refractivity contribution in [2.45, 2.75) is 44.1 Å². The number of amides is 1. The van der Waals surface area contributed by atoms with E-state index in [-0.39, 0.29) is 5.91 Å². The van der Waals surface area contributed by atoms with E-state index in [2.05, 4.69) is 10.3 Å². The van der Waals surface area contributed by atoms with Crippen LogP contribution in [0.4, 0.5) is 0 Å². The molecule has 1 N–H and O–H groups in total. The van der Waals surface area contributed by atoms with E-state index >= 15 is 0 Å². The zero-order valence-electron chi connectivity index (χ0n) is 13.1. The molecule has 1 aromatic carbocycles. The topological polar surface area (TPSA) is 42.0 Å². The first kappa shape index (κ1) is 16.0. The maximum atomic E-state index is 13.0. The normalized spacial score (nSPS) is 16.7. The van der Waals surface area contributed by atoms with Gasteiger partial charge in [0.05, 0.1) is 5.41 Å². The van der Waals surface area contributed by atoms with Gasteiger partial charge in [0, 0.05) is 24.0 Å². The van der Waals surface area contributed by atoms with Crippen LogP contribution in [-0.4, -0.2) is 10.9 Å². The molecule has 0 radical (unpaired) electrons. The third-order valence-corrected chi connectivity index (χ3v) is 4.93. The second-order valence-electron chi connectivity index (χ2n) is 6.20. The predicted octanol–water partition coefficient (Wildman–Crippen LogP) is 4.25. The summed E-state index contributed by atoms with van der Waals surface area (Å²) in [5.41, 5.74) is 1.59. The summed E-state index contributed by atoms with van der Waals surface area (Å²) in [4.78, 5) is 17.1. The molecule has 0 saturated heterocycles. The Morgan fingerprint density at radius 2 is 2.00 bits per heavy atom. The maximum Gasteiger partial charge on any atom is 0.230 e. The molecule has 3 rings (SSSR count). The Balaban J connectivity index is 1.82. The van der Waals surface area contributed by atoms with E-state index in [0.717, 1.165) is 36.8 Å². The van der Waals surface area contributed by atoms with Crippen LogP contribution in [0.1, 0.15) is 43.2 Å². The number of hydrogen-bond acceptors (Lipinski definition) is 2. The molecule has 1 saturated carbocycles. The van der Waals surface area contributed by atoms with Crippen molar-refractivity contribution in [3.63, 3.8) is 0 Å². The number of nitrogens with zero attached hydrogens (tertiary/aromatic N) is 1. The number of aromatic nitrogens is 1. The third-order valence-electron chi connectivity index (χ3n) is 4.69. The summed E-state index contributed by atoms with van der Waals surface area (Å²) in [5.74, 6) is 0.100. The fourth-order valence-corrected chi connectivity index (χ4v) is 3.63. The van der Waals surface area contributed by atoms with E-state index in [1.54, 1.807) is 12.4 Å². The van der Waals surface area contributed by atoms with Gasteiger partial charge in [0.15, 0.2) is 0 Å². The van der Waals surface area contributed by atoms with Crippen LogP contribution in [-0.2, 0) is 16.8 Å². The van der Waals surface area contributed by atoms with Crippen LogP contribution in [0.5, 0.6) is 0 Å². The number of benzene rings is 1. The SMILES string of the molecule is O=C(NCc1cccnc1)C1(c2cccc(Cl)c2)CCCCC1. The minimum absolute atomic E-state index is 0.100. The van der Waals surface area contributed by atoms with E-state index < -0.39 is 5.41 Å². The molecule has 1 heterocycles. The molecule has 3 nitrogen and oxygen atoms in total. The van der Waals surface area contributed by atoms with Gasteiger partial charge in [-0.05, 0) is 42.2 Å². The van der Waals surface area contributed by atoms with Gasteiger partial charge < -0.3 is 5.32 Å². The van der Waals surface area contributed by atoms with Crippen molar-refractivity contribution in [1.82, 2.24) is 10.3 Å². The van der Waals surface area contributed by atoms with Crippen LogP contribution in [0, 0.1) is 0 Å². The summed E-state index contributed by atoms with van der Waals surface area (Å²) >= 11 is 6.16. The molecule has 0 unspecified atom stereocenters. The lowest BCUT2D eigenvalue weighted by Crippen LogP contribution is -2.45. The fraction of sp³-hybridized carbons (Fsp3) is 0.368. The van der Waals surface area contributed by atoms with Gasteiger partial charge in [-0.2, -0.15) is 0 Å². The Labute approximate surface area is 142 Å². The molecule has 2 aromatic rings. The quantitative estimate of drug-likeness (QED) is 0.911. The highest BCUT2D eigenvalue weighted by Crippen LogP contribution is 2.40. The predicted molar refractivity (Wildman–Crippen MR) is 92.3 cm³/mol. The lowest BCUT2D eigenvalue weighted by molar-refractivity contribution is -0.128. The van der Waals surface area contributed by atoms with Gasteiger partial charge in [0.25, 0.3) is 0 Å². The number of nitrogens with one attached hydrogen (secondary N) is 1. The highest BCUT2D eigenvalue weighted by Gasteiger charge is 2.40. The van der Waals surface area contributed by atoms with Crippen molar-refractivity contribution in [2.24, 2.45) is 0 Å². The molecule has 1 amide bonds. The number of hydrogen-bond donors (Lipinski definition) is 1. The summed E-state index contributed by atoms with van der Waals surface area (Å²) < 4.78 is 0. The van der Waals surface area contributed by atoms with Gasteiger partial charge in [-0.15, -0.1) is 0 Å². The molecule has 23 heavy (non-hydrogen) atoms. The number of halogens is 1. The van der Waals surface area contributed by atoms with E-state index in [1.807, 2.05) is 36.4 Å². The highest BCUT2D eigenvalue weighted by molar-refractivity contribution is 6.30. The van der Waals surface area contributed by atoms with Crippen molar-refractivity contribution in [3.05, 3.63) is 64.9 Å². The molecule has 4 heteroatoms. The summed E-state index contributed by atoms with van der Waals surface area (Å²) in [6.45, 7) is 0.509. The van der Waals surface area contributed by atoms with Gasteiger partial charge in [-0.3, -0.25) is 9.78 Å². The summed E-state index contributed by atoms with van der Waals surface area (Å²) in [6.07, 6.45) is 8.63. The molecule has 120 valence electrons. The minimum atomic E-state index is -0.453. The third kappa shape index (κ3) is 3.56.